The van der Waals surface area contributed by atoms with Crippen molar-refractivity contribution in [3.8, 4) is 6.07 Å². The number of sulfone groups is 1. The van der Waals surface area contributed by atoms with Crippen LogP contribution in [0.4, 0.5) is 0 Å². The van der Waals surface area contributed by atoms with Crippen LogP contribution in [-0.4, -0.2) is 39.3 Å². The molecule has 1 aromatic rings. The number of nitrogens with one attached hydrogen (secondary N) is 1. The Hall–Kier alpha value is -1.03. The van der Waals surface area contributed by atoms with Gasteiger partial charge in [-0.1, -0.05) is 6.07 Å². The molecule has 1 aromatic carbocycles. The van der Waals surface area contributed by atoms with E-state index in [2.05, 4.69) is 11.6 Å². The van der Waals surface area contributed by atoms with Crippen molar-refractivity contribution in [2.24, 2.45) is 0 Å². The molecule has 0 aliphatic carbocycles. The summed E-state index contributed by atoms with van der Waals surface area (Å²) in [6.45, 7) is 1.28. The molecule has 6 heteroatoms. The van der Waals surface area contributed by atoms with Gasteiger partial charge in [0, 0.05) is 6.54 Å². The third-order valence-corrected chi connectivity index (χ3v) is 5.23. The van der Waals surface area contributed by atoms with Gasteiger partial charge in [-0.05, 0) is 49.6 Å². The zero-order valence-corrected chi connectivity index (χ0v) is 13.3. The first-order valence-corrected chi connectivity index (χ1v) is 9.57. The molecule has 0 heterocycles. The van der Waals surface area contributed by atoms with Crippen LogP contribution >= 0.6 is 11.8 Å². The minimum atomic E-state index is -3.31. The molecule has 0 bridgehead atoms. The lowest BCUT2D eigenvalue weighted by molar-refractivity contribution is 0.588. The van der Waals surface area contributed by atoms with Crippen molar-refractivity contribution in [1.82, 2.24) is 5.32 Å². The van der Waals surface area contributed by atoms with Crippen molar-refractivity contribution >= 4 is 21.6 Å². The summed E-state index contributed by atoms with van der Waals surface area (Å²) in [7, 11) is -3.31. The van der Waals surface area contributed by atoms with E-state index in [9.17, 15) is 8.42 Å². The molecule has 0 unspecified atom stereocenters. The zero-order valence-electron chi connectivity index (χ0n) is 11.6. The zero-order chi connectivity index (χ0) is 14.8. The quantitative estimate of drug-likeness (QED) is 0.707. The summed E-state index contributed by atoms with van der Waals surface area (Å²) in [5.41, 5.74) is 0.371. The standard InChI is InChI=1S/C14H20N2O2S2/c1-19-9-3-2-7-16-8-10-20(17,18)14-6-4-5-13(11-14)12-15/h4-6,11,16H,2-3,7-10H2,1H3. The molecule has 0 saturated heterocycles. The molecule has 0 spiro atoms. The van der Waals surface area contributed by atoms with Gasteiger partial charge >= 0.3 is 0 Å². The Kier molecular flexibility index (Phi) is 7.67. The molecule has 0 saturated carbocycles. The Balaban J connectivity index is 2.40. The highest BCUT2D eigenvalue weighted by molar-refractivity contribution is 7.98. The van der Waals surface area contributed by atoms with Crippen molar-refractivity contribution < 1.29 is 8.42 Å². The fourth-order valence-corrected chi connectivity index (χ4v) is 3.44. The van der Waals surface area contributed by atoms with Gasteiger partial charge in [-0.2, -0.15) is 17.0 Å². The second-order valence-corrected chi connectivity index (χ2v) is 7.50. The van der Waals surface area contributed by atoms with E-state index >= 15 is 0 Å². The van der Waals surface area contributed by atoms with Gasteiger partial charge in [0.15, 0.2) is 9.84 Å². The van der Waals surface area contributed by atoms with Crippen molar-refractivity contribution in [3.63, 3.8) is 0 Å². The second kappa shape index (κ2) is 9.01. The number of hydrogen-bond donors (Lipinski definition) is 1. The van der Waals surface area contributed by atoms with Crippen molar-refractivity contribution in [2.75, 3.05) is 30.9 Å². The third kappa shape index (κ3) is 5.95. The summed E-state index contributed by atoms with van der Waals surface area (Å²) in [5.74, 6) is 1.20. The third-order valence-electron chi connectivity index (χ3n) is 2.82. The molecule has 0 atom stereocenters. The normalized spacial score (nSPS) is 11.2. The van der Waals surface area contributed by atoms with E-state index in [-0.39, 0.29) is 10.6 Å². The van der Waals surface area contributed by atoms with Gasteiger partial charge in [-0.3, -0.25) is 0 Å². The number of benzene rings is 1. The predicted octanol–water partition coefficient (Wildman–Crippen LogP) is 2.06. The minimum Gasteiger partial charge on any atom is -0.316 e. The highest BCUT2D eigenvalue weighted by Gasteiger charge is 2.14. The average Bonchev–Trinajstić information content (AvgIpc) is 2.46. The molecule has 1 rings (SSSR count). The smallest absolute Gasteiger partial charge is 0.179 e. The summed E-state index contributed by atoms with van der Waals surface area (Å²) in [6.07, 6.45) is 4.28. The van der Waals surface area contributed by atoms with E-state index in [1.807, 2.05) is 17.8 Å². The van der Waals surface area contributed by atoms with Crippen LogP contribution in [0.1, 0.15) is 18.4 Å². The van der Waals surface area contributed by atoms with Crippen LogP contribution in [-0.2, 0) is 9.84 Å². The first kappa shape index (κ1) is 17.0. The second-order valence-electron chi connectivity index (χ2n) is 4.41. The van der Waals surface area contributed by atoms with Gasteiger partial charge in [0.25, 0.3) is 0 Å². The number of thioether (sulfide) groups is 1. The van der Waals surface area contributed by atoms with Crippen LogP contribution in [0.5, 0.6) is 0 Å². The van der Waals surface area contributed by atoms with E-state index in [1.165, 1.54) is 12.1 Å². The molecule has 4 nitrogen and oxygen atoms in total. The molecule has 110 valence electrons. The molecule has 0 aliphatic heterocycles. The lowest BCUT2D eigenvalue weighted by Crippen LogP contribution is -2.24. The fourth-order valence-electron chi connectivity index (χ4n) is 1.70. The lowest BCUT2D eigenvalue weighted by Gasteiger charge is -2.06. The summed E-state index contributed by atoms with van der Waals surface area (Å²) in [6, 6.07) is 8.11. The number of nitriles is 1. The summed E-state index contributed by atoms with van der Waals surface area (Å²) in [5, 5.41) is 11.9. The molecule has 0 radical (unpaired) electrons. The number of rotatable bonds is 9. The maximum Gasteiger partial charge on any atom is 0.179 e. The maximum absolute atomic E-state index is 12.1. The van der Waals surface area contributed by atoms with Crippen LogP contribution in [0.15, 0.2) is 29.2 Å². The summed E-state index contributed by atoms with van der Waals surface area (Å²) in [4.78, 5) is 0.223. The van der Waals surface area contributed by atoms with Gasteiger partial charge < -0.3 is 5.32 Å². The Bertz CT molecular complexity index is 551. The Morgan fingerprint density at radius 3 is 2.80 bits per heavy atom. The monoisotopic (exact) mass is 312 g/mol. The number of nitrogens with zero attached hydrogens (tertiary/aromatic N) is 1. The van der Waals surface area contributed by atoms with Gasteiger partial charge in [0.2, 0.25) is 0 Å². The van der Waals surface area contributed by atoms with E-state index in [0.717, 1.165) is 25.1 Å². The highest BCUT2D eigenvalue weighted by atomic mass is 32.2. The Morgan fingerprint density at radius 2 is 2.10 bits per heavy atom. The molecule has 0 aliphatic rings. The molecule has 20 heavy (non-hydrogen) atoms. The predicted molar refractivity (Wildman–Crippen MR) is 83.7 cm³/mol. The molecular weight excluding hydrogens is 292 g/mol. The maximum atomic E-state index is 12.1. The lowest BCUT2D eigenvalue weighted by atomic mass is 10.2. The van der Waals surface area contributed by atoms with Crippen LogP contribution in [0.3, 0.4) is 0 Å². The van der Waals surface area contributed by atoms with Crippen LogP contribution in [0.25, 0.3) is 0 Å². The highest BCUT2D eigenvalue weighted by Crippen LogP contribution is 2.12. The SMILES string of the molecule is CSCCCCNCCS(=O)(=O)c1cccc(C#N)c1. The minimum absolute atomic E-state index is 0.0599. The van der Waals surface area contributed by atoms with Gasteiger partial charge in [-0.15, -0.1) is 0 Å². The van der Waals surface area contributed by atoms with Gasteiger partial charge in [0.05, 0.1) is 22.3 Å². The van der Waals surface area contributed by atoms with E-state index < -0.39 is 9.84 Å². The average molecular weight is 312 g/mol. The van der Waals surface area contributed by atoms with Gasteiger partial charge in [0.1, 0.15) is 0 Å². The molecule has 0 fully saturated rings. The van der Waals surface area contributed by atoms with Crippen molar-refractivity contribution in [1.29, 1.82) is 5.26 Å². The van der Waals surface area contributed by atoms with Crippen LogP contribution in [0.2, 0.25) is 0 Å². The molecule has 0 aromatic heterocycles. The number of hydrogen-bond acceptors (Lipinski definition) is 5. The Labute approximate surface area is 125 Å². The van der Waals surface area contributed by atoms with Gasteiger partial charge in [-0.25, -0.2) is 8.42 Å². The van der Waals surface area contributed by atoms with Crippen molar-refractivity contribution in [3.05, 3.63) is 29.8 Å². The first-order valence-electron chi connectivity index (χ1n) is 6.53. The molecular formula is C14H20N2O2S2. The Morgan fingerprint density at radius 1 is 1.30 bits per heavy atom. The molecule has 1 N–H and O–H groups in total. The van der Waals surface area contributed by atoms with Crippen molar-refractivity contribution in [2.45, 2.75) is 17.7 Å². The first-order chi connectivity index (χ1) is 9.60. The fraction of sp³-hybridized carbons (Fsp3) is 0.500. The van der Waals surface area contributed by atoms with E-state index in [4.69, 9.17) is 5.26 Å². The van der Waals surface area contributed by atoms with Crippen LogP contribution in [0, 0.1) is 11.3 Å². The largest absolute Gasteiger partial charge is 0.316 e. The summed E-state index contributed by atoms with van der Waals surface area (Å²) < 4.78 is 24.2. The van der Waals surface area contributed by atoms with Crippen LogP contribution < -0.4 is 5.32 Å². The molecule has 0 amide bonds. The summed E-state index contributed by atoms with van der Waals surface area (Å²) >= 11 is 1.82. The topological polar surface area (TPSA) is 70.0 Å². The number of unbranched alkanes of at least 4 members (excludes halogenated alkanes) is 1. The van der Waals surface area contributed by atoms with E-state index in [0.29, 0.717) is 12.1 Å². The van der Waals surface area contributed by atoms with E-state index in [1.54, 1.807) is 12.1 Å².